The zero-order valence-electron chi connectivity index (χ0n) is 21.4. The minimum absolute atomic E-state index is 0.595. The summed E-state index contributed by atoms with van der Waals surface area (Å²) in [4.78, 5) is 13.7. The van der Waals surface area contributed by atoms with Crippen molar-refractivity contribution in [2.24, 2.45) is 0 Å². The highest BCUT2D eigenvalue weighted by Crippen LogP contribution is 2.41. The van der Waals surface area contributed by atoms with Crippen molar-refractivity contribution in [3.63, 3.8) is 0 Å². The van der Waals surface area contributed by atoms with Crippen molar-refractivity contribution in [2.45, 2.75) is 0 Å². The number of para-hydroxylation sites is 3. The van der Waals surface area contributed by atoms with Gasteiger partial charge in [0.25, 0.3) is 0 Å². The fourth-order valence-electron chi connectivity index (χ4n) is 5.59. The third-order valence-corrected chi connectivity index (χ3v) is 7.37. The normalized spacial score (nSPS) is 11.5. The molecule has 0 amide bonds. The predicted molar refractivity (Wildman–Crippen MR) is 160 cm³/mol. The van der Waals surface area contributed by atoms with Crippen LogP contribution >= 0.6 is 0 Å². The maximum absolute atomic E-state index is 6.25. The van der Waals surface area contributed by atoms with Crippen LogP contribution in [0.15, 0.2) is 138 Å². The van der Waals surface area contributed by atoms with E-state index in [1.165, 1.54) is 10.8 Å². The zero-order valence-corrected chi connectivity index (χ0v) is 21.4. The van der Waals surface area contributed by atoms with Crippen LogP contribution in [0.3, 0.4) is 0 Å². The predicted octanol–water partition coefficient (Wildman–Crippen LogP) is 8.72. The number of oxazole rings is 1. The molecule has 0 aliphatic rings. The lowest BCUT2D eigenvalue weighted by Gasteiger charge is -2.12. The molecule has 4 aromatic heterocycles. The molecule has 0 saturated carbocycles. The Balaban J connectivity index is 1.47. The number of hydrogen-bond donors (Lipinski definition) is 0. The fourth-order valence-corrected chi connectivity index (χ4v) is 5.59. The first kappa shape index (κ1) is 22.4. The van der Waals surface area contributed by atoms with Crippen molar-refractivity contribution in [2.75, 3.05) is 0 Å². The van der Waals surface area contributed by atoms with Gasteiger partial charge in [0, 0.05) is 46.2 Å². The van der Waals surface area contributed by atoms with Crippen LogP contribution in [0.1, 0.15) is 0 Å². The Morgan fingerprint density at radius 1 is 0.600 bits per heavy atom. The molecule has 0 unspecified atom stereocenters. The maximum atomic E-state index is 6.25. The number of benzene rings is 4. The lowest BCUT2D eigenvalue weighted by Crippen LogP contribution is -1.95. The van der Waals surface area contributed by atoms with Crippen LogP contribution in [0, 0.1) is 0 Å². The summed E-state index contributed by atoms with van der Waals surface area (Å²) >= 11 is 0. The molecular formula is C35H22N4O. The number of aromatic nitrogens is 4. The van der Waals surface area contributed by atoms with Gasteiger partial charge in [-0.25, -0.2) is 4.98 Å². The average Bonchev–Trinajstić information content (AvgIpc) is 3.61. The van der Waals surface area contributed by atoms with Gasteiger partial charge in [0.2, 0.25) is 5.89 Å². The standard InChI is InChI=1S/C35H22N4O/c1-3-13-31-27(10-1)34-28(23-15-18-36-19-16-23)21-25(35-38-30-12-2-4-14-33(30)40-35)22-32(34)39(31)26-9-7-8-24(20-26)29-11-5-6-17-37-29/h1-22H. The molecular weight excluding hydrogens is 492 g/mol. The van der Waals surface area contributed by atoms with Gasteiger partial charge in [0.05, 0.1) is 16.7 Å². The molecule has 8 aromatic rings. The van der Waals surface area contributed by atoms with Crippen molar-refractivity contribution in [1.29, 1.82) is 0 Å². The summed E-state index contributed by atoms with van der Waals surface area (Å²) in [5, 5.41) is 2.35. The van der Waals surface area contributed by atoms with Crippen LogP contribution in [0.25, 0.3) is 72.4 Å². The van der Waals surface area contributed by atoms with E-state index >= 15 is 0 Å². The molecule has 40 heavy (non-hydrogen) atoms. The van der Waals surface area contributed by atoms with Crippen molar-refractivity contribution in [3.05, 3.63) is 134 Å². The highest BCUT2D eigenvalue weighted by atomic mass is 16.3. The van der Waals surface area contributed by atoms with Gasteiger partial charge in [-0.15, -0.1) is 0 Å². The van der Waals surface area contributed by atoms with Crippen molar-refractivity contribution in [1.82, 2.24) is 19.5 Å². The highest BCUT2D eigenvalue weighted by molar-refractivity contribution is 6.16. The Morgan fingerprint density at radius 3 is 2.33 bits per heavy atom. The SMILES string of the molecule is c1ccc(-c2cccc(-n3c4ccccc4c4c(-c5ccncc5)cc(-c5nc6ccccc6o5)cc43)c2)nc1. The van der Waals surface area contributed by atoms with Gasteiger partial charge >= 0.3 is 0 Å². The molecule has 0 aliphatic heterocycles. The van der Waals surface area contributed by atoms with Gasteiger partial charge in [0.1, 0.15) is 5.52 Å². The summed E-state index contributed by atoms with van der Waals surface area (Å²) in [6.45, 7) is 0. The van der Waals surface area contributed by atoms with Crippen LogP contribution in [0.4, 0.5) is 0 Å². The summed E-state index contributed by atoms with van der Waals surface area (Å²) in [6, 6.07) is 39.5. The Labute approximate surface area is 230 Å². The smallest absolute Gasteiger partial charge is 0.227 e. The van der Waals surface area contributed by atoms with E-state index in [4.69, 9.17) is 9.40 Å². The lowest BCUT2D eigenvalue weighted by molar-refractivity contribution is 0.620. The molecule has 0 fully saturated rings. The van der Waals surface area contributed by atoms with E-state index in [0.29, 0.717) is 5.89 Å². The number of nitrogens with zero attached hydrogens (tertiary/aromatic N) is 4. The maximum Gasteiger partial charge on any atom is 0.227 e. The average molecular weight is 515 g/mol. The van der Waals surface area contributed by atoms with Crippen molar-refractivity contribution < 1.29 is 4.42 Å². The minimum atomic E-state index is 0.595. The van der Waals surface area contributed by atoms with Crippen LogP contribution in [-0.2, 0) is 0 Å². The Kier molecular flexibility index (Phi) is 5.07. The third kappa shape index (κ3) is 3.60. The molecule has 5 heteroatoms. The van der Waals surface area contributed by atoms with Gasteiger partial charge in [-0.3, -0.25) is 9.97 Å². The summed E-state index contributed by atoms with van der Waals surface area (Å²) in [6.07, 6.45) is 5.50. The summed E-state index contributed by atoms with van der Waals surface area (Å²) in [5.41, 5.74) is 9.98. The molecule has 0 atom stereocenters. The van der Waals surface area contributed by atoms with Gasteiger partial charge in [0.15, 0.2) is 5.58 Å². The quantitative estimate of drug-likeness (QED) is 0.236. The van der Waals surface area contributed by atoms with Gasteiger partial charge in [-0.1, -0.05) is 48.5 Å². The summed E-state index contributed by atoms with van der Waals surface area (Å²) in [5.74, 6) is 0.595. The molecule has 0 radical (unpaired) electrons. The van der Waals surface area contributed by atoms with Crippen LogP contribution in [0.2, 0.25) is 0 Å². The summed E-state index contributed by atoms with van der Waals surface area (Å²) < 4.78 is 8.58. The second-order valence-electron chi connectivity index (χ2n) is 9.76. The molecule has 0 saturated heterocycles. The second kappa shape index (κ2) is 9.03. The van der Waals surface area contributed by atoms with E-state index in [1.807, 2.05) is 61.1 Å². The summed E-state index contributed by atoms with van der Waals surface area (Å²) in [7, 11) is 0. The molecule has 0 aliphatic carbocycles. The molecule has 8 rings (SSSR count). The Morgan fingerprint density at radius 2 is 1.45 bits per heavy atom. The van der Waals surface area contributed by atoms with E-state index < -0.39 is 0 Å². The fraction of sp³-hybridized carbons (Fsp3) is 0. The molecule has 0 spiro atoms. The number of fused-ring (bicyclic) bond motifs is 4. The number of hydrogen-bond acceptors (Lipinski definition) is 4. The zero-order chi connectivity index (χ0) is 26.5. The molecule has 4 aromatic carbocycles. The van der Waals surface area contributed by atoms with Crippen LogP contribution < -0.4 is 0 Å². The Bertz CT molecular complexity index is 2130. The van der Waals surface area contributed by atoms with E-state index in [0.717, 1.165) is 55.8 Å². The monoisotopic (exact) mass is 514 g/mol. The first-order valence-electron chi connectivity index (χ1n) is 13.2. The van der Waals surface area contributed by atoms with Crippen LogP contribution in [-0.4, -0.2) is 19.5 Å². The largest absolute Gasteiger partial charge is 0.436 e. The first-order valence-corrected chi connectivity index (χ1v) is 13.2. The Hall–Kier alpha value is -5.55. The third-order valence-electron chi connectivity index (χ3n) is 7.37. The number of pyridine rings is 2. The van der Waals surface area contributed by atoms with Gasteiger partial charge in [-0.05, 0) is 77.9 Å². The van der Waals surface area contributed by atoms with E-state index in [2.05, 4.69) is 87.3 Å². The lowest BCUT2D eigenvalue weighted by atomic mass is 9.97. The van der Waals surface area contributed by atoms with Crippen molar-refractivity contribution in [3.8, 4) is 39.5 Å². The molecule has 0 bridgehead atoms. The van der Waals surface area contributed by atoms with Gasteiger partial charge < -0.3 is 8.98 Å². The van der Waals surface area contributed by atoms with Crippen molar-refractivity contribution >= 4 is 32.9 Å². The first-order chi connectivity index (χ1) is 19.8. The van der Waals surface area contributed by atoms with E-state index in [9.17, 15) is 0 Å². The van der Waals surface area contributed by atoms with E-state index in [-0.39, 0.29) is 0 Å². The van der Waals surface area contributed by atoms with Crippen LogP contribution in [0.5, 0.6) is 0 Å². The van der Waals surface area contributed by atoms with Gasteiger partial charge in [-0.2, -0.15) is 0 Å². The number of rotatable bonds is 4. The van der Waals surface area contributed by atoms with E-state index in [1.54, 1.807) is 0 Å². The topological polar surface area (TPSA) is 56.7 Å². The molecule has 4 heterocycles. The molecule has 0 N–H and O–H groups in total. The minimum Gasteiger partial charge on any atom is -0.436 e. The second-order valence-corrected chi connectivity index (χ2v) is 9.76. The highest BCUT2D eigenvalue weighted by Gasteiger charge is 2.20. The molecule has 5 nitrogen and oxygen atoms in total. The molecule has 188 valence electrons.